The predicted octanol–water partition coefficient (Wildman–Crippen LogP) is 3.68. The number of benzene rings is 1. The molecular weight excluding hydrogens is 254 g/mol. The summed E-state index contributed by atoms with van der Waals surface area (Å²) in [5, 5.41) is 4.95. The third-order valence-corrected chi connectivity index (χ3v) is 3.68. The molecular formula is C12H12ClN3S. The van der Waals surface area contributed by atoms with Crippen LogP contribution in [-0.2, 0) is 6.54 Å². The number of aromatic nitrogens is 2. The van der Waals surface area contributed by atoms with Gasteiger partial charge in [0.1, 0.15) is 5.82 Å². The minimum Gasteiger partial charge on any atom is -0.356 e. The Morgan fingerprint density at radius 1 is 1.29 bits per heavy atom. The zero-order valence-corrected chi connectivity index (χ0v) is 10.8. The van der Waals surface area contributed by atoms with Gasteiger partial charge in [0.25, 0.3) is 0 Å². The first-order valence-electron chi connectivity index (χ1n) is 5.63. The van der Waals surface area contributed by atoms with Gasteiger partial charge in [-0.05, 0) is 30.5 Å². The Kier molecular flexibility index (Phi) is 2.99. The minimum absolute atomic E-state index is 0.623. The van der Waals surface area contributed by atoms with Gasteiger partial charge >= 0.3 is 0 Å². The molecule has 1 aromatic carbocycles. The number of anilines is 1. The molecule has 0 amide bonds. The maximum atomic E-state index is 5.83. The van der Waals surface area contributed by atoms with Gasteiger partial charge in [0.05, 0.1) is 0 Å². The van der Waals surface area contributed by atoms with Crippen molar-refractivity contribution in [1.82, 2.24) is 9.36 Å². The van der Waals surface area contributed by atoms with Gasteiger partial charge in [-0.1, -0.05) is 23.7 Å². The summed E-state index contributed by atoms with van der Waals surface area (Å²) >= 11 is 7.28. The predicted molar refractivity (Wildman–Crippen MR) is 70.7 cm³/mol. The van der Waals surface area contributed by atoms with Gasteiger partial charge in [-0.25, -0.2) is 4.98 Å². The zero-order chi connectivity index (χ0) is 11.7. The summed E-state index contributed by atoms with van der Waals surface area (Å²) < 4.78 is 4.35. The van der Waals surface area contributed by atoms with E-state index in [0.717, 1.165) is 22.5 Å². The highest BCUT2D eigenvalue weighted by Crippen LogP contribution is 2.39. The van der Waals surface area contributed by atoms with Gasteiger partial charge in [-0.15, -0.1) is 0 Å². The largest absolute Gasteiger partial charge is 0.356 e. The van der Waals surface area contributed by atoms with Gasteiger partial charge in [0.15, 0.2) is 0 Å². The van der Waals surface area contributed by atoms with Crippen LogP contribution in [0.4, 0.5) is 5.13 Å². The molecule has 0 aliphatic heterocycles. The fourth-order valence-electron chi connectivity index (χ4n) is 1.59. The highest BCUT2D eigenvalue weighted by atomic mass is 35.5. The van der Waals surface area contributed by atoms with Gasteiger partial charge < -0.3 is 5.32 Å². The van der Waals surface area contributed by atoms with Crippen molar-refractivity contribution in [2.75, 3.05) is 5.32 Å². The highest BCUT2D eigenvalue weighted by Gasteiger charge is 2.27. The van der Waals surface area contributed by atoms with E-state index in [-0.39, 0.29) is 0 Å². The van der Waals surface area contributed by atoms with Crippen molar-refractivity contribution >= 4 is 28.3 Å². The molecule has 0 saturated heterocycles. The van der Waals surface area contributed by atoms with Crippen LogP contribution in [-0.4, -0.2) is 9.36 Å². The van der Waals surface area contributed by atoms with Gasteiger partial charge in [-0.2, -0.15) is 4.37 Å². The van der Waals surface area contributed by atoms with Crippen molar-refractivity contribution in [3.63, 3.8) is 0 Å². The lowest BCUT2D eigenvalue weighted by molar-refractivity contribution is 0.980. The van der Waals surface area contributed by atoms with Gasteiger partial charge in [0, 0.05) is 29.0 Å². The third kappa shape index (κ3) is 2.76. The Bertz CT molecular complexity index is 505. The zero-order valence-electron chi connectivity index (χ0n) is 9.19. The first kappa shape index (κ1) is 11.0. The lowest BCUT2D eigenvalue weighted by Crippen LogP contribution is -1.98. The van der Waals surface area contributed by atoms with Gasteiger partial charge in [0.2, 0.25) is 5.13 Å². The van der Waals surface area contributed by atoms with Crippen LogP contribution in [0.15, 0.2) is 24.3 Å². The molecule has 0 atom stereocenters. The summed E-state index contributed by atoms with van der Waals surface area (Å²) in [6, 6.07) is 7.82. The maximum Gasteiger partial charge on any atom is 0.202 e. The molecule has 0 spiro atoms. The molecule has 1 aliphatic carbocycles. The topological polar surface area (TPSA) is 37.8 Å². The van der Waals surface area contributed by atoms with Crippen LogP contribution >= 0.6 is 23.1 Å². The van der Waals surface area contributed by atoms with E-state index in [0.29, 0.717) is 5.92 Å². The first-order chi connectivity index (χ1) is 8.31. The summed E-state index contributed by atoms with van der Waals surface area (Å²) in [5.74, 6) is 1.63. The Hall–Kier alpha value is -1.13. The van der Waals surface area contributed by atoms with Crippen LogP contribution in [0.5, 0.6) is 0 Å². The molecule has 2 aromatic rings. The van der Waals surface area contributed by atoms with Crippen molar-refractivity contribution in [1.29, 1.82) is 0 Å². The molecule has 1 fully saturated rings. The van der Waals surface area contributed by atoms with Crippen LogP contribution in [0.25, 0.3) is 0 Å². The van der Waals surface area contributed by atoms with Crippen LogP contribution in [0.3, 0.4) is 0 Å². The number of halogens is 1. The van der Waals surface area contributed by atoms with Crippen molar-refractivity contribution in [2.24, 2.45) is 0 Å². The molecule has 0 bridgehead atoms. The fraction of sp³-hybridized carbons (Fsp3) is 0.333. The van der Waals surface area contributed by atoms with Crippen molar-refractivity contribution < 1.29 is 0 Å². The number of hydrogen-bond donors (Lipinski definition) is 1. The number of nitrogens with one attached hydrogen (secondary N) is 1. The van der Waals surface area contributed by atoms with E-state index in [1.807, 2.05) is 24.3 Å². The second-order valence-corrected chi connectivity index (χ2v) is 5.40. The number of rotatable bonds is 4. The van der Waals surface area contributed by atoms with E-state index in [9.17, 15) is 0 Å². The smallest absolute Gasteiger partial charge is 0.202 e. The molecule has 5 heteroatoms. The molecule has 1 aromatic heterocycles. The van der Waals surface area contributed by atoms with Gasteiger partial charge in [-0.3, -0.25) is 0 Å². The van der Waals surface area contributed by atoms with E-state index in [1.54, 1.807) is 0 Å². The summed E-state index contributed by atoms with van der Waals surface area (Å²) in [7, 11) is 0. The molecule has 1 saturated carbocycles. The van der Waals surface area contributed by atoms with Crippen molar-refractivity contribution in [3.05, 3.63) is 40.7 Å². The lowest BCUT2D eigenvalue weighted by Gasteiger charge is -2.01. The molecule has 17 heavy (non-hydrogen) atoms. The summed E-state index contributed by atoms with van der Waals surface area (Å²) in [6.07, 6.45) is 2.49. The molecule has 0 unspecified atom stereocenters. The van der Waals surface area contributed by atoms with E-state index in [4.69, 9.17) is 11.6 Å². The van der Waals surface area contributed by atoms with Crippen molar-refractivity contribution in [3.8, 4) is 0 Å². The Labute approximate surface area is 109 Å². The molecule has 88 valence electrons. The van der Waals surface area contributed by atoms with E-state index < -0.39 is 0 Å². The average molecular weight is 266 g/mol. The van der Waals surface area contributed by atoms with Crippen LogP contribution in [0, 0.1) is 0 Å². The fourth-order valence-corrected chi connectivity index (χ4v) is 2.36. The standard InChI is InChI=1S/C12H12ClN3S/c13-10-5-1-8(2-6-10)7-14-12-15-11(16-17-12)9-3-4-9/h1-2,5-6,9H,3-4,7H2,(H,14,15,16). The minimum atomic E-state index is 0.623. The molecule has 1 N–H and O–H groups in total. The van der Waals surface area contributed by atoms with Crippen LogP contribution in [0.2, 0.25) is 5.02 Å². The molecule has 0 radical (unpaired) electrons. The second-order valence-electron chi connectivity index (χ2n) is 4.21. The number of nitrogens with zero attached hydrogens (tertiary/aromatic N) is 2. The Balaban J connectivity index is 1.60. The van der Waals surface area contributed by atoms with Crippen LogP contribution < -0.4 is 5.32 Å². The number of hydrogen-bond acceptors (Lipinski definition) is 4. The van der Waals surface area contributed by atoms with Crippen LogP contribution in [0.1, 0.15) is 30.1 Å². The Morgan fingerprint density at radius 2 is 2.06 bits per heavy atom. The maximum absolute atomic E-state index is 5.83. The van der Waals surface area contributed by atoms with Crippen molar-refractivity contribution in [2.45, 2.75) is 25.3 Å². The average Bonchev–Trinajstić information content (AvgIpc) is 3.09. The quantitative estimate of drug-likeness (QED) is 0.916. The molecule has 1 aliphatic rings. The molecule has 3 nitrogen and oxygen atoms in total. The molecule has 1 heterocycles. The molecule has 3 rings (SSSR count). The lowest BCUT2D eigenvalue weighted by atomic mass is 10.2. The van der Waals surface area contributed by atoms with E-state index in [2.05, 4.69) is 14.7 Å². The first-order valence-corrected chi connectivity index (χ1v) is 6.78. The van der Waals surface area contributed by atoms with E-state index >= 15 is 0 Å². The SMILES string of the molecule is Clc1ccc(CNc2nc(C3CC3)ns2)cc1. The van der Waals surface area contributed by atoms with E-state index in [1.165, 1.54) is 29.9 Å². The highest BCUT2D eigenvalue weighted by molar-refractivity contribution is 7.09. The second kappa shape index (κ2) is 4.63. The summed E-state index contributed by atoms with van der Waals surface area (Å²) in [4.78, 5) is 4.48. The normalized spacial score (nSPS) is 14.9. The summed E-state index contributed by atoms with van der Waals surface area (Å²) in [6.45, 7) is 0.760. The monoisotopic (exact) mass is 265 g/mol. The third-order valence-electron chi connectivity index (χ3n) is 2.74. The Morgan fingerprint density at radius 3 is 2.76 bits per heavy atom. The summed E-state index contributed by atoms with van der Waals surface area (Å²) in [5.41, 5.74) is 1.19.